The van der Waals surface area contributed by atoms with Crippen LogP contribution in [0, 0.1) is 11.3 Å². The predicted octanol–water partition coefficient (Wildman–Crippen LogP) is 2.71. The van der Waals surface area contributed by atoms with Crippen molar-refractivity contribution >= 4 is 22.5 Å². The largest absolute Gasteiger partial charge is 0.488 e. The number of nitrogens with zero attached hydrogens (tertiary/aromatic N) is 3. The van der Waals surface area contributed by atoms with Crippen molar-refractivity contribution in [1.29, 1.82) is 5.26 Å². The Morgan fingerprint density at radius 2 is 2.25 bits per heavy atom. The summed E-state index contributed by atoms with van der Waals surface area (Å²) in [6.45, 7) is 2.52. The Morgan fingerprint density at radius 1 is 1.32 bits per heavy atom. The lowest BCUT2D eigenvalue weighted by atomic mass is 10.1. The molecule has 1 fully saturated rings. The quantitative estimate of drug-likeness (QED) is 0.611. The van der Waals surface area contributed by atoms with Crippen molar-refractivity contribution < 1.29 is 4.74 Å². The van der Waals surface area contributed by atoms with Gasteiger partial charge in [-0.25, -0.2) is 9.97 Å². The number of rotatable bonds is 6. The fourth-order valence-electron chi connectivity index (χ4n) is 3.31. The number of aromatic nitrogens is 2. The molecule has 0 bridgehead atoms. The number of nitriles is 1. The molecule has 7 nitrogen and oxygen atoms in total. The molecular weight excluding hydrogens is 352 g/mol. The van der Waals surface area contributed by atoms with Gasteiger partial charge in [0.25, 0.3) is 0 Å². The minimum Gasteiger partial charge on any atom is -0.488 e. The zero-order valence-corrected chi connectivity index (χ0v) is 15.7. The van der Waals surface area contributed by atoms with E-state index in [9.17, 15) is 5.26 Å². The summed E-state index contributed by atoms with van der Waals surface area (Å²) in [6.07, 6.45) is 2.74. The SMILES string of the molecule is CNCc1cccc(Nc2ncc3cc(C#N)c(O[C@@H]4CCNC4)cc3n2)c1. The highest BCUT2D eigenvalue weighted by molar-refractivity contribution is 5.83. The Labute approximate surface area is 163 Å². The third kappa shape index (κ3) is 4.03. The number of fused-ring (bicyclic) bond motifs is 1. The summed E-state index contributed by atoms with van der Waals surface area (Å²) in [5.74, 6) is 1.08. The van der Waals surface area contributed by atoms with Gasteiger partial charge < -0.3 is 20.7 Å². The van der Waals surface area contributed by atoms with Crippen LogP contribution in [0.3, 0.4) is 0 Å². The first-order valence-corrected chi connectivity index (χ1v) is 9.34. The van der Waals surface area contributed by atoms with E-state index < -0.39 is 0 Å². The van der Waals surface area contributed by atoms with Crippen LogP contribution in [0.4, 0.5) is 11.6 Å². The molecule has 1 saturated heterocycles. The van der Waals surface area contributed by atoms with Gasteiger partial charge in [0.05, 0.1) is 11.1 Å². The van der Waals surface area contributed by atoms with E-state index in [1.165, 1.54) is 5.56 Å². The Balaban J connectivity index is 1.62. The van der Waals surface area contributed by atoms with Crippen molar-refractivity contribution in [2.75, 3.05) is 25.5 Å². The molecule has 28 heavy (non-hydrogen) atoms. The van der Waals surface area contributed by atoms with E-state index in [4.69, 9.17) is 4.74 Å². The fraction of sp³-hybridized carbons (Fsp3) is 0.286. The van der Waals surface area contributed by atoms with Gasteiger partial charge in [0.1, 0.15) is 17.9 Å². The first kappa shape index (κ1) is 18.2. The Bertz CT molecular complexity index is 1020. The zero-order valence-electron chi connectivity index (χ0n) is 15.7. The average molecular weight is 374 g/mol. The van der Waals surface area contributed by atoms with Crippen LogP contribution in [-0.4, -0.2) is 36.2 Å². The molecule has 142 valence electrons. The molecule has 3 N–H and O–H groups in total. The smallest absolute Gasteiger partial charge is 0.227 e. The lowest BCUT2D eigenvalue weighted by Crippen LogP contribution is -2.20. The molecule has 0 aliphatic carbocycles. The number of hydrogen-bond acceptors (Lipinski definition) is 7. The monoisotopic (exact) mass is 374 g/mol. The van der Waals surface area contributed by atoms with Gasteiger partial charge >= 0.3 is 0 Å². The Hall–Kier alpha value is -3.21. The molecule has 2 heterocycles. The van der Waals surface area contributed by atoms with Crippen LogP contribution in [0.25, 0.3) is 10.9 Å². The highest BCUT2D eigenvalue weighted by Gasteiger charge is 2.18. The molecule has 1 aliphatic heterocycles. The van der Waals surface area contributed by atoms with Crippen LogP contribution in [0.1, 0.15) is 17.5 Å². The van der Waals surface area contributed by atoms with Crippen LogP contribution in [0.15, 0.2) is 42.6 Å². The van der Waals surface area contributed by atoms with Gasteiger partial charge in [-0.05, 0) is 43.8 Å². The van der Waals surface area contributed by atoms with Gasteiger partial charge in [0.15, 0.2) is 0 Å². The fourth-order valence-corrected chi connectivity index (χ4v) is 3.31. The minimum atomic E-state index is 0.0823. The number of nitrogens with one attached hydrogen (secondary N) is 3. The van der Waals surface area contributed by atoms with Crippen molar-refractivity contribution in [3.05, 3.63) is 53.7 Å². The summed E-state index contributed by atoms with van der Waals surface area (Å²) in [6, 6.07) is 13.9. The average Bonchev–Trinajstić information content (AvgIpc) is 3.21. The van der Waals surface area contributed by atoms with Crippen LogP contribution >= 0.6 is 0 Å². The first-order chi connectivity index (χ1) is 13.7. The van der Waals surface area contributed by atoms with E-state index in [1.54, 1.807) is 12.3 Å². The molecule has 1 aromatic heterocycles. The van der Waals surface area contributed by atoms with Crippen LogP contribution in [0.2, 0.25) is 0 Å². The first-order valence-electron chi connectivity index (χ1n) is 9.34. The normalized spacial score (nSPS) is 16.1. The van der Waals surface area contributed by atoms with Gasteiger partial charge in [0, 0.05) is 36.4 Å². The zero-order chi connectivity index (χ0) is 19.3. The van der Waals surface area contributed by atoms with E-state index in [0.29, 0.717) is 17.3 Å². The van der Waals surface area contributed by atoms with E-state index in [1.807, 2.05) is 25.2 Å². The summed E-state index contributed by atoms with van der Waals surface area (Å²) in [4.78, 5) is 9.00. The van der Waals surface area contributed by atoms with Gasteiger partial charge in [-0.1, -0.05) is 12.1 Å². The molecule has 0 amide bonds. The van der Waals surface area contributed by atoms with Crippen LogP contribution in [0.5, 0.6) is 5.75 Å². The molecule has 3 aromatic rings. The predicted molar refractivity (Wildman–Crippen MR) is 109 cm³/mol. The van der Waals surface area contributed by atoms with Crippen molar-refractivity contribution in [2.45, 2.75) is 19.1 Å². The van der Waals surface area contributed by atoms with E-state index in [2.05, 4.69) is 44.1 Å². The lowest BCUT2D eigenvalue weighted by molar-refractivity contribution is 0.222. The summed E-state index contributed by atoms with van der Waals surface area (Å²) in [5, 5.41) is 19.9. The van der Waals surface area contributed by atoms with E-state index in [0.717, 1.165) is 42.6 Å². The summed E-state index contributed by atoms with van der Waals surface area (Å²) in [7, 11) is 1.92. The summed E-state index contributed by atoms with van der Waals surface area (Å²) >= 11 is 0. The highest BCUT2D eigenvalue weighted by Crippen LogP contribution is 2.27. The van der Waals surface area contributed by atoms with Gasteiger partial charge in [-0.2, -0.15) is 5.26 Å². The molecule has 7 heteroatoms. The molecule has 1 aliphatic rings. The van der Waals surface area contributed by atoms with E-state index >= 15 is 0 Å². The van der Waals surface area contributed by atoms with Gasteiger partial charge in [-0.3, -0.25) is 0 Å². The molecular formula is C21H22N6O. The van der Waals surface area contributed by atoms with Crippen LogP contribution < -0.4 is 20.7 Å². The molecule has 0 unspecified atom stereocenters. The summed E-state index contributed by atoms with van der Waals surface area (Å²) in [5.41, 5.74) is 3.34. The molecule has 0 spiro atoms. The van der Waals surface area contributed by atoms with Crippen molar-refractivity contribution in [1.82, 2.24) is 20.6 Å². The standard InChI is InChI=1S/C21H22N6O/c1-23-11-14-3-2-4-17(7-14)26-21-25-12-16-8-15(10-22)20(9-19(16)27-21)28-18-5-6-24-13-18/h2-4,7-9,12,18,23-24H,5-6,11,13H2,1H3,(H,25,26,27)/t18-/m1/s1. The number of anilines is 2. The molecule has 0 saturated carbocycles. The lowest BCUT2D eigenvalue weighted by Gasteiger charge is -2.14. The van der Waals surface area contributed by atoms with Crippen molar-refractivity contribution in [3.63, 3.8) is 0 Å². The third-order valence-corrected chi connectivity index (χ3v) is 4.67. The summed E-state index contributed by atoms with van der Waals surface area (Å²) < 4.78 is 6.03. The molecule has 4 rings (SSSR count). The highest BCUT2D eigenvalue weighted by atomic mass is 16.5. The maximum absolute atomic E-state index is 9.47. The van der Waals surface area contributed by atoms with Gasteiger partial charge in [-0.15, -0.1) is 0 Å². The number of benzene rings is 2. The van der Waals surface area contributed by atoms with Crippen molar-refractivity contribution in [2.24, 2.45) is 0 Å². The van der Waals surface area contributed by atoms with Crippen LogP contribution in [-0.2, 0) is 6.54 Å². The van der Waals surface area contributed by atoms with Crippen molar-refractivity contribution in [3.8, 4) is 11.8 Å². The maximum atomic E-state index is 9.47. The number of hydrogen-bond donors (Lipinski definition) is 3. The Morgan fingerprint density at radius 3 is 3.04 bits per heavy atom. The molecule has 0 radical (unpaired) electrons. The maximum Gasteiger partial charge on any atom is 0.227 e. The molecule has 2 aromatic carbocycles. The Kier molecular flexibility index (Phi) is 5.33. The second-order valence-corrected chi connectivity index (χ2v) is 6.80. The molecule has 1 atom stereocenters. The number of ether oxygens (including phenoxy) is 1. The van der Waals surface area contributed by atoms with Gasteiger partial charge in [0.2, 0.25) is 5.95 Å². The third-order valence-electron chi connectivity index (χ3n) is 4.67. The van der Waals surface area contributed by atoms with E-state index in [-0.39, 0.29) is 6.10 Å². The second-order valence-electron chi connectivity index (χ2n) is 6.80. The minimum absolute atomic E-state index is 0.0823. The topological polar surface area (TPSA) is 94.9 Å². The second kappa shape index (κ2) is 8.21.